The number of nitrogens with one attached hydrogen (secondary N) is 1. The summed E-state index contributed by atoms with van der Waals surface area (Å²) in [7, 11) is 0. The molecule has 1 amide bonds. The summed E-state index contributed by atoms with van der Waals surface area (Å²) in [6, 6.07) is 9.00. The molecule has 2 heterocycles. The Balaban J connectivity index is 1.31. The van der Waals surface area contributed by atoms with E-state index in [2.05, 4.69) is 10.3 Å². The van der Waals surface area contributed by atoms with Gasteiger partial charge in [-0.1, -0.05) is 12.1 Å². The maximum absolute atomic E-state index is 14.5. The first-order chi connectivity index (χ1) is 13.1. The van der Waals surface area contributed by atoms with Gasteiger partial charge in [0.25, 0.3) is 0 Å². The summed E-state index contributed by atoms with van der Waals surface area (Å²) in [4.78, 5) is 18.4. The van der Waals surface area contributed by atoms with Crippen molar-refractivity contribution in [2.45, 2.75) is 37.8 Å². The molecule has 2 N–H and O–H groups in total. The quantitative estimate of drug-likeness (QED) is 0.850. The first kappa shape index (κ1) is 17.9. The Morgan fingerprint density at radius 2 is 2.11 bits per heavy atom. The van der Waals surface area contributed by atoms with Crippen molar-refractivity contribution in [1.82, 2.24) is 10.3 Å². The summed E-state index contributed by atoms with van der Waals surface area (Å²) < 4.78 is 14.5. The van der Waals surface area contributed by atoms with Gasteiger partial charge in [-0.3, -0.25) is 9.78 Å². The monoisotopic (exact) mass is 369 g/mol. The van der Waals surface area contributed by atoms with Crippen LogP contribution >= 0.6 is 0 Å². The zero-order chi connectivity index (χ0) is 18.8. The molecule has 2 atom stereocenters. The van der Waals surface area contributed by atoms with E-state index in [0.29, 0.717) is 38.2 Å². The summed E-state index contributed by atoms with van der Waals surface area (Å²) in [5, 5.41) is 12.5. The summed E-state index contributed by atoms with van der Waals surface area (Å²) in [5.74, 6) is -0.0403. The molecular weight excluding hydrogens is 345 g/mol. The molecule has 0 bridgehead atoms. The molecule has 5 nitrogen and oxygen atoms in total. The van der Waals surface area contributed by atoms with E-state index in [1.807, 2.05) is 29.3 Å². The maximum atomic E-state index is 14.5. The molecule has 1 aliphatic carbocycles. The predicted octanol–water partition coefficient (Wildman–Crippen LogP) is 2.60. The van der Waals surface area contributed by atoms with Crippen molar-refractivity contribution in [1.29, 1.82) is 0 Å². The molecule has 2 aliphatic rings. The van der Waals surface area contributed by atoms with Gasteiger partial charge in [-0.15, -0.1) is 0 Å². The second-order valence-corrected chi connectivity index (χ2v) is 7.46. The second kappa shape index (κ2) is 7.64. The van der Waals surface area contributed by atoms with Crippen LogP contribution in [0.25, 0.3) is 0 Å². The number of nitrogens with zero attached hydrogens (tertiary/aromatic N) is 2. The van der Waals surface area contributed by atoms with Crippen LogP contribution in [0.15, 0.2) is 42.7 Å². The number of carbonyl (C=O) groups excluding carboxylic acids is 1. The number of halogens is 1. The number of amides is 1. The third-order valence-electron chi connectivity index (χ3n) is 5.52. The number of anilines is 1. The minimum absolute atomic E-state index is 0.0124. The Hall–Kier alpha value is -2.47. The topological polar surface area (TPSA) is 65.5 Å². The number of piperidine rings is 1. The molecule has 0 radical (unpaired) electrons. The molecule has 27 heavy (non-hydrogen) atoms. The van der Waals surface area contributed by atoms with Crippen LogP contribution in [0.2, 0.25) is 0 Å². The van der Waals surface area contributed by atoms with Gasteiger partial charge in [-0.05, 0) is 54.5 Å². The van der Waals surface area contributed by atoms with Crippen LogP contribution in [-0.4, -0.2) is 35.2 Å². The maximum Gasteiger partial charge on any atom is 0.224 e. The lowest BCUT2D eigenvalue weighted by Crippen LogP contribution is -2.36. The summed E-state index contributed by atoms with van der Waals surface area (Å²) >= 11 is 0. The lowest BCUT2D eigenvalue weighted by molar-refractivity contribution is -0.122. The van der Waals surface area contributed by atoms with Gasteiger partial charge in [0.1, 0.15) is 5.82 Å². The van der Waals surface area contributed by atoms with E-state index in [1.54, 1.807) is 12.3 Å². The Morgan fingerprint density at radius 1 is 1.30 bits per heavy atom. The molecule has 1 aromatic heterocycles. The van der Waals surface area contributed by atoms with Gasteiger partial charge in [0.15, 0.2) is 0 Å². The van der Waals surface area contributed by atoms with Crippen molar-refractivity contribution in [3.8, 4) is 0 Å². The average Bonchev–Trinajstić information content (AvgIpc) is 3.49. The minimum atomic E-state index is -0.281. The van der Waals surface area contributed by atoms with Gasteiger partial charge in [-0.2, -0.15) is 0 Å². The highest BCUT2D eigenvalue weighted by Crippen LogP contribution is 2.47. The minimum Gasteiger partial charge on any atom is -0.393 e. The van der Waals surface area contributed by atoms with E-state index in [0.717, 1.165) is 17.5 Å². The fourth-order valence-electron chi connectivity index (χ4n) is 3.79. The largest absolute Gasteiger partial charge is 0.393 e. The van der Waals surface area contributed by atoms with Crippen molar-refractivity contribution < 1.29 is 14.3 Å². The van der Waals surface area contributed by atoms with E-state index in [4.69, 9.17) is 0 Å². The number of aliphatic hydroxyl groups is 1. The molecule has 6 heteroatoms. The first-order valence-corrected chi connectivity index (χ1v) is 9.51. The molecule has 2 aromatic rings. The fraction of sp³-hybridized carbons (Fsp3) is 0.429. The number of hydrogen-bond acceptors (Lipinski definition) is 4. The second-order valence-electron chi connectivity index (χ2n) is 7.46. The number of hydrogen-bond donors (Lipinski definition) is 2. The Bertz CT molecular complexity index is 806. The van der Waals surface area contributed by atoms with Gasteiger partial charge in [0, 0.05) is 37.9 Å². The normalized spacial score (nSPS) is 22.5. The Morgan fingerprint density at radius 3 is 2.81 bits per heavy atom. The van der Waals surface area contributed by atoms with E-state index < -0.39 is 0 Å². The highest BCUT2D eigenvalue weighted by atomic mass is 19.1. The third kappa shape index (κ3) is 4.11. The van der Waals surface area contributed by atoms with Gasteiger partial charge >= 0.3 is 0 Å². The molecule has 4 rings (SSSR count). The highest BCUT2D eigenvalue weighted by molar-refractivity contribution is 5.82. The van der Waals surface area contributed by atoms with Crippen molar-refractivity contribution in [2.75, 3.05) is 18.0 Å². The number of rotatable bonds is 5. The smallest absolute Gasteiger partial charge is 0.224 e. The first-order valence-electron chi connectivity index (χ1n) is 9.51. The van der Waals surface area contributed by atoms with E-state index in [1.165, 1.54) is 6.07 Å². The lowest BCUT2D eigenvalue weighted by atomic mass is 10.1. The molecule has 0 spiro atoms. The Labute approximate surface area is 158 Å². The fourth-order valence-corrected chi connectivity index (χ4v) is 3.79. The molecule has 1 aromatic carbocycles. The standard InChI is InChI=1S/C21H24FN3O2/c22-19-10-14(3-4-20(19)25-8-5-16(26)6-9-25)12-24-21(27)18-11-17(18)15-2-1-7-23-13-15/h1-4,7,10,13,16-18,26H,5-6,8-9,11-12H2,(H,24,27)/t17-,18+/m1/s1. The molecule has 2 fully saturated rings. The van der Waals surface area contributed by atoms with Gasteiger partial charge in [-0.25, -0.2) is 4.39 Å². The molecule has 142 valence electrons. The Kier molecular flexibility index (Phi) is 5.07. The van der Waals surface area contributed by atoms with Crippen LogP contribution in [0.4, 0.5) is 10.1 Å². The summed E-state index contributed by atoms with van der Waals surface area (Å²) in [5.41, 5.74) is 2.41. The van der Waals surface area contributed by atoms with Crippen molar-refractivity contribution in [2.24, 2.45) is 5.92 Å². The molecular formula is C21H24FN3O2. The van der Waals surface area contributed by atoms with Crippen LogP contribution in [0.1, 0.15) is 36.3 Å². The van der Waals surface area contributed by atoms with Crippen molar-refractivity contribution >= 4 is 11.6 Å². The van der Waals surface area contributed by atoms with Crippen LogP contribution in [0, 0.1) is 11.7 Å². The molecule has 1 saturated heterocycles. The van der Waals surface area contributed by atoms with Gasteiger partial charge in [0.05, 0.1) is 11.8 Å². The number of carbonyl (C=O) groups is 1. The molecule has 1 saturated carbocycles. The molecule has 0 unspecified atom stereocenters. The predicted molar refractivity (Wildman–Crippen MR) is 101 cm³/mol. The summed E-state index contributed by atoms with van der Waals surface area (Å²) in [6.45, 7) is 1.64. The van der Waals surface area contributed by atoms with Gasteiger partial charge < -0.3 is 15.3 Å². The van der Waals surface area contributed by atoms with E-state index in [-0.39, 0.29) is 29.7 Å². The average molecular weight is 369 g/mol. The number of aliphatic hydroxyl groups excluding tert-OH is 1. The number of benzene rings is 1. The van der Waals surface area contributed by atoms with Gasteiger partial charge in [0.2, 0.25) is 5.91 Å². The van der Waals surface area contributed by atoms with E-state index in [9.17, 15) is 14.3 Å². The van der Waals surface area contributed by atoms with Crippen molar-refractivity contribution in [3.63, 3.8) is 0 Å². The summed E-state index contributed by atoms with van der Waals surface area (Å²) in [6.07, 6.45) is 5.42. The van der Waals surface area contributed by atoms with Crippen LogP contribution in [0.5, 0.6) is 0 Å². The van der Waals surface area contributed by atoms with Crippen molar-refractivity contribution in [3.05, 3.63) is 59.7 Å². The van der Waals surface area contributed by atoms with E-state index >= 15 is 0 Å². The SMILES string of the molecule is O=C(NCc1ccc(N2CCC(O)CC2)c(F)c1)[C@H]1C[C@@H]1c1cccnc1. The lowest BCUT2D eigenvalue weighted by Gasteiger charge is -2.31. The van der Waals surface area contributed by atoms with Crippen LogP contribution in [0.3, 0.4) is 0 Å². The van der Waals surface area contributed by atoms with Crippen LogP contribution < -0.4 is 10.2 Å². The third-order valence-corrected chi connectivity index (χ3v) is 5.52. The number of aromatic nitrogens is 1. The van der Waals surface area contributed by atoms with Crippen LogP contribution in [-0.2, 0) is 11.3 Å². The highest BCUT2D eigenvalue weighted by Gasteiger charge is 2.43. The molecule has 1 aliphatic heterocycles. The number of pyridine rings is 1. The zero-order valence-electron chi connectivity index (χ0n) is 15.1. The zero-order valence-corrected chi connectivity index (χ0v) is 15.1.